The van der Waals surface area contributed by atoms with Gasteiger partial charge in [-0.3, -0.25) is 0 Å². The molecule has 2 heteroatoms. The van der Waals surface area contributed by atoms with Gasteiger partial charge in [0.05, 0.1) is 11.0 Å². The number of anilines is 3. The van der Waals surface area contributed by atoms with Crippen LogP contribution in [0.4, 0.5) is 17.1 Å². The van der Waals surface area contributed by atoms with Gasteiger partial charge in [0.25, 0.3) is 0 Å². The summed E-state index contributed by atoms with van der Waals surface area (Å²) in [4.78, 5) is 2.47. The molecule has 0 unspecified atom stereocenters. The Bertz CT molecular complexity index is 2930. The van der Waals surface area contributed by atoms with E-state index in [2.05, 4.69) is 219 Å². The van der Waals surface area contributed by atoms with E-state index in [-0.39, 0.29) is 10.8 Å². The summed E-state index contributed by atoms with van der Waals surface area (Å²) < 4.78 is 2.40. The maximum atomic E-state index is 2.47. The highest BCUT2D eigenvalue weighted by molar-refractivity contribution is 6.16. The number of benzene rings is 8. The molecule has 11 rings (SSSR count). The van der Waals surface area contributed by atoms with Crippen molar-refractivity contribution in [1.82, 2.24) is 4.57 Å². The van der Waals surface area contributed by atoms with Crippen LogP contribution in [0.2, 0.25) is 0 Å². The Balaban J connectivity index is 1.13. The number of fused-ring (bicyclic) bond motifs is 9. The molecule has 0 aliphatic heterocycles. The SMILES string of the molecule is CC1(C)c2ccccc2-c2cc(N(c3cccc(-c4cccc5c4c4ccccc4n5-c4ccccc4)c3)c3ccc4c(c3)-c3ccccc3C4(C)C)ccc21. The van der Waals surface area contributed by atoms with Gasteiger partial charge in [0, 0.05) is 44.4 Å². The third-order valence-electron chi connectivity index (χ3n) is 12.8. The monoisotopic (exact) mass is 718 g/mol. The second kappa shape index (κ2) is 11.9. The lowest BCUT2D eigenvalue weighted by Crippen LogP contribution is -2.16. The van der Waals surface area contributed by atoms with E-state index in [1.165, 1.54) is 83.1 Å². The second-order valence-electron chi connectivity index (χ2n) is 16.6. The molecule has 1 aromatic heterocycles. The first-order valence-corrected chi connectivity index (χ1v) is 19.8. The Kier molecular flexibility index (Phi) is 6.98. The molecule has 2 aliphatic rings. The third-order valence-corrected chi connectivity index (χ3v) is 12.8. The van der Waals surface area contributed by atoms with Crippen molar-refractivity contribution in [1.29, 1.82) is 0 Å². The van der Waals surface area contributed by atoms with Crippen LogP contribution in [0.25, 0.3) is 60.9 Å². The summed E-state index contributed by atoms with van der Waals surface area (Å²) in [6.45, 7) is 9.42. The number of hydrogen-bond donors (Lipinski definition) is 0. The van der Waals surface area contributed by atoms with Crippen molar-refractivity contribution in [2.75, 3.05) is 4.90 Å². The topological polar surface area (TPSA) is 8.17 Å². The van der Waals surface area contributed by atoms with Crippen molar-refractivity contribution in [2.24, 2.45) is 0 Å². The van der Waals surface area contributed by atoms with Crippen LogP contribution in [0, 0.1) is 0 Å². The van der Waals surface area contributed by atoms with E-state index in [0.717, 1.165) is 17.1 Å². The molecule has 0 N–H and O–H groups in total. The fourth-order valence-corrected chi connectivity index (χ4v) is 10.1. The van der Waals surface area contributed by atoms with Crippen molar-refractivity contribution in [3.63, 3.8) is 0 Å². The molecule has 0 saturated carbocycles. The average molecular weight is 719 g/mol. The zero-order valence-corrected chi connectivity index (χ0v) is 32.2. The van der Waals surface area contributed by atoms with Crippen LogP contribution in [0.5, 0.6) is 0 Å². The largest absolute Gasteiger partial charge is 0.310 e. The number of para-hydroxylation sites is 2. The second-order valence-corrected chi connectivity index (χ2v) is 16.6. The van der Waals surface area contributed by atoms with E-state index in [1.807, 2.05) is 0 Å². The molecular weight excluding hydrogens is 677 g/mol. The smallest absolute Gasteiger partial charge is 0.0547 e. The molecule has 0 spiro atoms. The van der Waals surface area contributed by atoms with Gasteiger partial charge in [-0.15, -0.1) is 0 Å². The average Bonchev–Trinajstić information content (AvgIpc) is 3.78. The molecule has 2 aliphatic carbocycles. The van der Waals surface area contributed by atoms with Gasteiger partial charge in [0.15, 0.2) is 0 Å². The van der Waals surface area contributed by atoms with Crippen LogP contribution in [0.3, 0.4) is 0 Å². The Hall–Kier alpha value is -6.64. The summed E-state index contributed by atoms with van der Waals surface area (Å²) in [5.74, 6) is 0. The van der Waals surface area contributed by atoms with Crippen molar-refractivity contribution >= 4 is 38.9 Å². The first-order chi connectivity index (χ1) is 27.3. The van der Waals surface area contributed by atoms with Crippen molar-refractivity contribution in [3.8, 4) is 39.1 Å². The van der Waals surface area contributed by atoms with Gasteiger partial charge in [-0.2, -0.15) is 0 Å². The predicted octanol–water partition coefficient (Wildman–Crippen LogP) is 14.5. The minimum Gasteiger partial charge on any atom is -0.310 e. The molecule has 0 fully saturated rings. The summed E-state index contributed by atoms with van der Waals surface area (Å²) in [7, 11) is 0. The third kappa shape index (κ3) is 4.62. The van der Waals surface area contributed by atoms with Crippen LogP contribution in [0.1, 0.15) is 49.9 Å². The summed E-state index contributed by atoms with van der Waals surface area (Å²) in [6.07, 6.45) is 0. The molecule has 0 amide bonds. The lowest BCUT2D eigenvalue weighted by atomic mass is 9.82. The minimum absolute atomic E-state index is 0.0598. The van der Waals surface area contributed by atoms with E-state index in [1.54, 1.807) is 0 Å². The van der Waals surface area contributed by atoms with Gasteiger partial charge in [0.1, 0.15) is 0 Å². The maximum Gasteiger partial charge on any atom is 0.0547 e. The summed E-state index contributed by atoms with van der Waals surface area (Å²) in [5.41, 5.74) is 20.1. The highest BCUT2D eigenvalue weighted by Crippen LogP contribution is 2.53. The molecule has 0 radical (unpaired) electrons. The Morgan fingerprint density at radius 1 is 0.375 bits per heavy atom. The van der Waals surface area contributed by atoms with Gasteiger partial charge in [-0.25, -0.2) is 0 Å². The summed E-state index contributed by atoms with van der Waals surface area (Å²) in [6, 6.07) is 67.6. The van der Waals surface area contributed by atoms with E-state index in [9.17, 15) is 0 Å². The first kappa shape index (κ1) is 32.8. The molecule has 2 nitrogen and oxygen atoms in total. The molecular formula is C54H42N2. The van der Waals surface area contributed by atoms with Crippen LogP contribution in [0.15, 0.2) is 182 Å². The van der Waals surface area contributed by atoms with Gasteiger partial charge in [-0.1, -0.05) is 149 Å². The number of aromatic nitrogens is 1. The molecule has 8 aromatic carbocycles. The number of hydrogen-bond acceptors (Lipinski definition) is 1. The van der Waals surface area contributed by atoms with E-state index >= 15 is 0 Å². The van der Waals surface area contributed by atoms with Gasteiger partial charge >= 0.3 is 0 Å². The fourth-order valence-electron chi connectivity index (χ4n) is 10.1. The zero-order chi connectivity index (χ0) is 37.8. The molecule has 9 aromatic rings. The minimum atomic E-state index is -0.0598. The van der Waals surface area contributed by atoms with Crippen LogP contribution < -0.4 is 4.90 Å². The van der Waals surface area contributed by atoms with E-state index < -0.39 is 0 Å². The Morgan fingerprint density at radius 2 is 0.875 bits per heavy atom. The normalized spacial score (nSPS) is 14.4. The Morgan fingerprint density at radius 3 is 1.54 bits per heavy atom. The summed E-state index contributed by atoms with van der Waals surface area (Å²) >= 11 is 0. The summed E-state index contributed by atoms with van der Waals surface area (Å²) in [5, 5.41) is 2.52. The highest BCUT2D eigenvalue weighted by atomic mass is 15.1. The molecule has 56 heavy (non-hydrogen) atoms. The molecule has 1 heterocycles. The van der Waals surface area contributed by atoms with Crippen molar-refractivity contribution in [3.05, 3.63) is 204 Å². The van der Waals surface area contributed by atoms with Gasteiger partial charge < -0.3 is 9.47 Å². The lowest BCUT2D eigenvalue weighted by Gasteiger charge is -2.28. The van der Waals surface area contributed by atoms with Crippen molar-refractivity contribution < 1.29 is 0 Å². The number of rotatable bonds is 5. The van der Waals surface area contributed by atoms with Crippen LogP contribution in [-0.4, -0.2) is 4.57 Å². The highest BCUT2D eigenvalue weighted by Gasteiger charge is 2.37. The first-order valence-electron chi connectivity index (χ1n) is 19.8. The molecule has 268 valence electrons. The van der Waals surface area contributed by atoms with Gasteiger partial charge in [0.2, 0.25) is 0 Å². The number of nitrogens with zero attached hydrogens (tertiary/aromatic N) is 2. The predicted molar refractivity (Wildman–Crippen MR) is 236 cm³/mol. The van der Waals surface area contributed by atoms with E-state index in [4.69, 9.17) is 0 Å². The standard InChI is InChI=1S/C54H42N2/c1-53(2)46-24-11-8-20-41(46)44-33-38(28-30-48(44)53)55(39-29-31-49-45(34-39)42-21-9-12-25-47(42)54(49,3)4)37-19-14-16-35(32-37)40-23-15-27-51-52(40)43-22-10-13-26-50(43)56(51)36-17-6-5-7-18-36/h5-34H,1-4H3. The van der Waals surface area contributed by atoms with E-state index in [0.29, 0.717) is 0 Å². The lowest BCUT2D eigenvalue weighted by molar-refractivity contribution is 0.660. The zero-order valence-electron chi connectivity index (χ0n) is 32.2. The molecule has 0 saturated heterocycles. The molecule has 0 atom stereocenters. The quantitative estimate of drug-likeness (QED) is 0.172. The van der Waals surface area contributed by atoms with Crippen molar-refractivity contribution in [2.45, 2.75) is 38.5 Å². The maximum absolute atomic E-state index is 2.47. The van der Waals surface area contributed by atoms with Crippen LogP contribution in [-0.2, 0) is 10.8 Å². The Labute approximate surface area is 328 Å². The van der Waals surface area contributed by atoms with Crippen LogP contribution >= 0.6 is 0 Å². The fraction of sp³-hybridized carbons (Fsp3) is 0.111. The molecule has 0 bridgehead atoms. The van der Waals surface area contributed by atoms with Gasteiger partial charge in [-0.05, 0) is 116 Å².